The number of ether oxygens (including phenoxy) is 1. The predicted octanol–water partition coefficient (Wildman–Crippen LogP) is 2.48. The molecular weight excluding hydrogens is 264 g/mol. The van der Waals surface area contributed by atoms with Crippen molar-refractivity contribution in [3.8, 4) is 5.75 Å². The van der Waals surface area contributed by atoms with Crippen molar-refractivity contribution in [2.24, 2.45) is 0 Å². The zero-order valence-electron chi connectivity index (χ0n) is 12.0. The second kappa shape index (κ2) is 5.48. The first-order valence-corrected chi connectivity index (χ1v) is 6.98. The topological polar surface area (TPSA) is 55.6 Å². The van der Waals surface area contributed by atoms with E-state index in [4.69, 9.17) is 10.5 Å². The van der Waals surface area contributed by atoms with Gasteiger partial charge in [-0.25, -0.2) is 0 Å². The number of anilines is 1. The summed E-state index contributed by atoms with van der Waals surface area (Å²) >= 11 is 0. The van der Waals surface area contributed by atoms with Crippen LogP contribution in [0.1, 0.15) is 21.5 Å². The van der Waals surface area contributed by atoms with Crippen LogP contribution in [0.2, 0.25) is 0 Å². The van der Waals surface area contributed by atoms with Gasteiger partial charge in [0.2, 0.25) is 0 Å². The van der Waals surface area contributed by atoms with Crippen LogP contribution in [0.5, 0.6) is 5.75 Å². The molecule has 0 unspecified atom stereocenters. The molecule has 21 heavy (non-hydrogen) atoms. The molecule has 4 nitrogen and oxygen atoms in total. The summed E-state index contributed by atoms with van der Waals surface area (Å²) < 4.78 is 5.18. The molecule has 2 N–H and O–H groups in total. The molecule has 0 spiro atoms. The first kappa shape index (κ1) is 13.5. The molecule has 0 atom stereocenters. The second-order valence-corrected chi connectivity index (χ2v) is 5.20. The van der Waals surface area contributed by atoms with Gasteiger partial charge < -0.3 is 15.4 Å². The van der Waals surface area contributed by atoms with E-state index >= 15 is 0 Å². The van der Waals surface area contributed by atoms with Crippen LogP contribution in [-0.2, 0) is 13.0 Å². The molecule has 2 aromatic rings. The maximum absolute atomic E-state index is 12.6. The van der Waals surface area contributed by atoms with Gasteiger partial charge in [0.15, 0.2) is 0 Å². The van der Waals surface area contributed by atoms with Gasteiger partial charge in [0, 0.05) is 18.7 Å². The fraction of sp³-hybridized carbons (Fsp3) is 0.235. The summed E-state index contributed by atoms with van der Waals surface area (Å²) in [4.78, 5) is 14.5. The SMILES string of the molecule is COc1cc(C(=O)N2CCc3ccccc3C2)ccc1N. The minimum Gasteiger partial charge on any atom is -0.495 e. The summed E-state index contributed by atoms with van der Waals surface area (Å²) in [7, 11) is 1.55. The Morgan fingerprint density at radius 1 is 1.19 bits per heavy atom. The molecule has 1 aliphatic rings. The number of carbonyl (C=O) groups is 1. The highest BCUT2D eigenvalue weighted by Crippen LogP contribution is 2.25. The van der Waals surface area contributed by atoms with Crippen molar-refractivity contribution >= 4 is 11.6 Å². The molecule has 0 aliphatic carbocycles. The molecule has 0 aromatic heterocycles. The number of fused-ring (bicyclic) bond motifs is 1. The summed E-state index contributed by atoms with van der Waals surface area (Å²) in [6.07, 6.45) is 0.897. The van der Waals surface area contributed by atoms with E-state index in [9.17, 15) is 4.79 Å². The third-order valence-electron chi connectivity index (χ3n) is 3.90. The quantitative estimate of drug-likeness (QED) is 0.861. The number of benzene rings is 2. The van der Waals surface area contributed by atoms with E-state index < -0.39 is 0 Å². The lowest BCUT2D eigenvalue weighted by molar-refractivity contribution is 0.0734. The van der Waals surface area contributed by atoms with Crippen molar-refractivity contribution in [2.75, 3.05) is 19.4 Å². The van der Waals surface area contributed by atoms with Gasteiger partial charge in [0.1, 0.15) is 5.75 Å². The Hall–Kier alpha value is -2.49. The number of nitrogens with two attached hydrogens (primary N) is 1. The van der Waals surface area contributed by atoms with E-state index in [1.807, 2.05) is 17.0 Å². The molecule has 0 bridgehead atoms. The molecule has 0 radical (unpaired) electrons. The van der Waals surface area contributed by atoms with Crippen LogP contribution >= 0.6 is 0 Å². The Labute approximate surface area is 124 Å². The highest BCUT2D eigenvalue weighted by atomic mass is 16.5. The molecular formula is C17H18N2O2. The van der Waals surface area contributed by atoms with Gasteiger partial charge in [-0.15, -0.1) is 0 Å². The third-order valence-corrected chi connectivity index (χ3v) is 3.90. The summed E-state index contributed by atoms with van der Waals surface area (Å²) in [5, 5.41) is 0. The Morgan fingerprint density at radius 2 is 1.95 bits per heavy atom. The van der Waals surface area contributed by atoms with E-state index in [-0.39, 0.29) is 5.91 Å². The van der Waals surface area contributed by atoms with E-state index in [2.05, 4.69) is 12.1 Å². The molecule has 0 fully saturated rings. The number of carbonyl (C=O) groups excluding carboxylic acids is 1. The summed E-state index contributed by atoms with van der Waals surface area (Å²) in [6, 6.07) is 13.4. The first-order chi connectivity index (χ1) is 10.2. The van der Waals surface area contributed by atoms with Crippen LogP contribution in [0.3, 0.4) is 0 Å². The summed E-state index contributed by atoms with van der Waals surface area (Å²) in [6.45, 7) is 1.39. The van der Waals surface area contributed by atoms with Crippen LogP contribution in [-0.4, -0.2) is 24.5 Å². The molecule has 1 amide bonds. The van der Waals surface area contributed by atoms with Crippen molar-refractivity contribution in [2.45, 2.75) is 13.0 Å². The van der Waals surface area contributed by atoms with Gasteiger partial charge in [-0.2, -0.15) is 0 Å². The van der Waals surface area contributed by atoms with Crippen molar-refractivity contribution in [3.63, 3.8) is 0 Å². The van der Waals surface area contributed by atoms with Gasteiger partial charge in [-0.1, -0.05) is 24.3 Å². The van der Waals surface area contributed by atoms with Crippen LogP contribution in [0.4, 0.5) is 5.69 Å². The van der Waals surface area contributed by atoms with Crippen molar-refractivity contribution in [3.05, 3.63) is 59.2 Å². The Balaban J connectivity index is 1.84. The standard InChI is InChI=1S/C17H18N2O2/c1-21-16-10-13(6-7-15(16)18)17(20)19-9-8-12-4-2-3-5-14(12)11-19/h2-7,10H,8-9,11,18H2,1H3. The minimum absolute atomic E-state index is 0.0165. The molecule has 0 saturated heterocycles. The predicted molar refractivity (Wildman–Crippen MR) is 82.3 cm³/mol. The van der Waals surface area contributed by atoms with Crippen molar-refractivity contribution in [1.29, 1.82) is 0 Å². The number of amides is 1. The highest BCUT2D eigenvalue weighted by molar-refractivity contribution is 5.95. The van der Waals surface area contributed by atoms with E-state index in [0.717, 1.165) is 13.0 Å². The summed E-state index contributed by atoms with van der Waals surface area (Å²) in [5.41, 5.74) is 9.50. The van der Waals surface area contributed by atoms with Crippen LogP contribution in [0, 0.1) is 0 Å². The molecule has 0 saturated carbocycles. The fourth-order valence-electron chi connectivity index (χ4n) is 2.70. The Bertz CT molecular complexity index is 682. The number of rotatable bonds is 2. The van der Waals surface area contributed by atoms with E-state index in [1.54, 1.807) is 25.3 Å². The Morgan fingerprint density at radius 3 is 2.71 bits per heavy atom. The highest BCUT2D eigenvalue weighted by Gasteiger charge is 2.22. The molecule has 4 heteroatoms. The zero-order valence-corrected chi connectivity index (χ0v) is 12.0. The van der Waals surface area contributed by atoms with E-state index in [0.29, 0.717) is 23.5 Å². The molecule has 1 heterocycles. The van der Waals surface area contributed by atoms with E-state index in [1.165, 1.54) is 11.1 Å². The Kier molecular flexibility index (Phi) is 3.52. The number of nitrogens with zero attached hydrogens (tertiary/aromatic N) is 1. The van der Waals surface area contributed by atoms with Crippen LogP contribution < -0.4 is 10.5 Å². The largest absolute Gasteiger partial charge is 0.495 e. The maximum atomic E-state index is 12.6. The number of nitrogen functional groups attached to an aromatic ring is 1. The number of hydrogen-bond acceptors (Lipinski definition) is 3. The van der Waals surface area contributed by atoms with Crippen molar-refractivity contribution in [1.82, 2.24) is 4.90 Å². The van der Waals surface area contributed by atoms with Gasteiger partial charge in [0.05, 0.1) is 12.8 Å². The molecule has 1 aliphatic heterocycles. The van der Waals surface area contributed by atoms with Gasteiger partial charge >= 0.3 is 0 Å². The smallest absolute Gasteiger partial charge is 0.254 e. The van der Waals surface area contributed by atoms with Crippen molar-refractivity contribution < 1.29 is 9.53 Å². The maximum Gasteiger partial charge on any atom is 0.254 e. The fourth-order valence-corrected chi connectivity index (χ4v) is 2.70. The van der Waals surface area contributed by atoms with Gasteiger partial charge in [0.25, 0.3) is 5.91 Å². The third kappa shape index (κ3) is 2.57. The minimum atomic E-state index is 0.0165. The molecule has 2 aromatic carbocycles. The normalized spacial score (nSPS) is 13.7. The monoisotopic (exact) mass is 282 g/mol. The molecule has 108 valence electrons. The number of hydrogen-bond donors (Lipinski definition) is 1. The average molecular weight is 282 g/mol. The van der Waals surface area contributed by atoms with Gasteiger partial charge in [-0.3, -0.25) is 4.79 Å². The van der Waals surface area contributed by atoms with Crippen LogP contribution in [0.15, 0.2) is 42.5 Å². The average Bonchev–Trinajstić information content (AvgIpc) is 2.54. The number of methoxy groups -OCH3 is 1. The zero-order chi connectivity index (χ0) is 14.8. The second-order valence-electron chi connectivity index (χ2n) is 5.20. The first-order valence-electron chi connectivity index (χ1n) is 6.98. The van der Waals surface area contributed by atoms with Crippen LogP contribution in [0.25, 0.3) is 0 Å². The van der Waals surface area contributed by atoms with Gasteiger partial charge in [-0.05, 0) is 35.7 Å². The lowest BCUT2D eigenvalue weighted by atomic mass is 9.99. The lowest BCUT2D eigenvalue weighted by Gasteiger charge is -2.29. The lowest BCUT2D eigenvalue weighted by Crippen LogP contribution is -2.35. The molecule has 3 rings (SSSR count). The summed E-state index contributed by atoms with van der Waals surface area (Å²) in [5.74, 6) is 0.557.